The second-order valence-electron chi connectivity index (χ2n) is 4.34. The molecule has 0 atom stereocenters. The first kappa shape index (κ1) is 13.9. The Morgan fingerprint density at radius 2 is 2.05 bits per heavy atom. The second kappa shape index (κ2) is 6.56. The maximum absolute atomic E-state index is 11.8. The molecule has 104 valence electrons. The molecule has 5 nitrogen and oxygen atoms in total. The maximum atomic E-state index is 11.8. The highest BCUT2D eigenvalue weighted by Crippen LogP contribution is 2.16. The molecule has 2 rings (SSSR count). The number of aromatic nitrogens is 1. The number of benzene rings is 1. The van der Waals surface area contributed by atoms with E-state index in [1.807, 2.05) is 37.3 Å². The number of methoxy groups -OCH3 is 1. The number of anilines is 1. The van der Waals surface area contributed by atoms with Gasteiger partial charge in [0.1, 0.15) is 11.6 Å². The Morgan fingerprint density at radius 1 is 1.25 bits per heavy atom. The minimum atomic E-state index is -0.299. The molecule has 1 aromatic heterocycles. The van der Waals surface area contributed by atoms with Crippen molar-refractivity contribution < 1.29 is 9.53 Å². The molecule has 1 heterocycles. The van der Waals surface area contributed by atoms with Gasteiger partial charge in [0.05, 0.1) is 7.11 Å². The van der Waals surface area contributed by atoms with Crippen molar-refractivity contribution in [1.29, 1.82) is 0 Å². The van der Waals surface area contributed by atoms with E-state index in [0.717, 1.165) is 16.9 Å². The van der Waals surface area contributed by atoms with Gasteiger partial charge in [-0.25, -0.2) is 9.78 Å². The first-order valence-electron chi connectivity index (χ1n) is 6.28. The summed E-state index contributed by atoms with van der Waals surface area (Å²) in [5.41, 5.74) is 1.96. The van der Waals surface area contributed by atoms with Crippen LogP contribution < -0.4 is 15.4 Å². The zero-order chi connectivity index (χ0) is 14.4. The van der Waals surface area contributed by atoms with Crippen molar-refractivity contribution in [3.05, 3.63) is 53.7 Å². The van der Waals surface area contributed by atoms with E-state index in [1.54, 1.807) is 19.4 Å². The van der Waals surface area contributed by atoms with Gasteiger partial charge in [0.2, 0.25) is 0 Å². The lowest BCUT2D eigenvalue weighted by Gasteiger charge is -2.10. The Kier molecular flexibility index (Phi) is 4.55. The van der Waals surface area contributed by atoms with Crippen molar-refractivity contribution in [2.45, 2.75) is 13.5 Å². The lowest BCUT2D eigenvalue weighted by molar-refractivity contribution is 0.251. The van der Waals surface area contributed by atoms with Crippen LogP contribution in [0.5, 0.6) is 5.75 Å². The number of nitrogens with zero attached hydrogens (tertiary/aromatic N) is 1. The summed E-state index contributed by atoms with van der Waals surface area (Å²) in [6.45, 7) is 2.33. The summed E-state index contributed by atoms with van der Waals surface area (Å²) in [5, 5.41) is 5.44. The third kappa shape index (κ3) is 3.71. The fourth-order valence-corrected chi connectivity index (χ4v) is 1.73. The fourth-order valence-electron chi connectivity index (χ4n) is 1.73. The van der Waals surface area contributed by atoms with Gasteiger partial charge in [-0.3, -0.25) is 5.32 Å². The summed E-state index contributed by atoms with van der Waals surface area (Å²) >= 11 is 0. The van der Waals surface area contributed by atoms with Crippen molar-refractivity contribution in [3.63, 3.8) is 0 Å². The lowest BCUT2D eigenvalue weighted by Crippen LogP contribution is -2.28. The first-order chi connectivity index (χ1) is 9.69. The van der Waals surface area contributed by atoms with E-state index < -0.39 is 0 Å². The van der Waals surface area contributed by atoms with Gasteiger partial charge < -0.3 is 10.1 Å². The van der Waals surface area contributed by atoms with Crippen molar-refractivity contribution in [2.24, 2.45) is 0 Å². The van der Waals surface area contributed by atoms with Crippen LogP contribution in [0.25, 0.3) is 0 Å². The molecule has 1 aromatic carbocycles. The number of rotatable bonds is 4. The average molecular weight is 271 g/mol. The summed E-state index contributed by atoms with van der Waals surface area (Å²) in [7, 11) is 1.61. The summed E-state index contributed by atoms with van der Waals surface area (Å²) < 4.78 is 5.23. The molecule has 2 N–H and O–H groups in total. The van der Waals surface area contributed by atoms with Crippen LogP contribution in [0.4, 0.5) is 10.6 Å². The first-order valence-corrected chi connectivity index (χ1v) is 6.28. The van der Waals surface area contributed by atoms with Crippen LogP contribution in [-0.4, -0.2) is 18.1 Å². The highest BCUT2D eigenvalue weighted by atomic mass is 16.5. The predicted molar refractivity (Wildman–Crippen MR) is 77.8 cm³/mol. The highest BCUT2D eigenvalue weighted by Gasteiger charge is 2.05. The molecule has 0 radical (unpaired) electrons. The average Bonchev–Trinajstić information content (AvgIpc) is 2.48. The van der Waals surface area contributed by atoms with Crippen molar-refractivity contribution >= 4 is 11.8 Å². The Hall–Kier alpha value is -2.56. The van der Waals surface area contributed by atoms with Crippen LogP contribution in [0.1, 0.15) is 11.1 Å². The number of amides is 2. The lowest BCUT2D eigenvalue weighted by atomic mass is 10.2. The van der Waals surface area contributed by atoms with E-state index in [0.29, 0.717) is 12.4 Å². The number of hydrogen-bond donors (Lipinski definition) is 2. The number of hydrogen-bond acceptors (Lipinski definition) is 3. The standard InChI is InChI=1S/C15H17N3O2/c1-11-7-8-14(16-9-11)18-15(19)17-10-12-5-3-4-6-13(12)20-2/h3-9H,10H2,1-2H3,(H2,16,17,18,19). The van der Waals surface area contributed by atoms with E-state index in [1.165, 1.54) is 0 Å². The normalized spacial score (nSPS) is 9.90. The second-order valence-corrected chi connectivity index (χ2v) is 4.34. The van der Waals surface area contributed by atoms with Crippen LogP contribution in [0, 0.1) is 6.92 Å². The van der Waals surface area contributed by atoms with Crippen molar-refractivity contribution in [3.8, 4) is 5.75 Å². The molecule has 0 saturated heterocycles. The predicted octanol–water partition coefficient (Wildman–Crippen LogP) is 2.72. The monoisotopic (exact) mass is 271 g/mol. The number of para-hydroxylation sites is 1. The Bertz CT molecular complexity index is 582. The van der Waals surface area contributed by atoms with Crippen molar-refractivity contribution in [2.75, 3.05) is 12.4 Å². The van der Waals surface area contributed by atoms with Gasteiger partial charge in [-0.1, -0.05) is 24.3 Å². The topological polar surface area (TPSA) is 63.2 Å². The molecular weight excluding hydrogens is 254 g/mol. The molecule has 0 fully saturated rings. The number of aryl methyl sites for hydroxylation is 1. The van der Waals surface area contributed by atoms with E-state index in [4.69, 9.17) is 4.74 Å². The minimum Gasteiger partial charge on any atom is -0.496 e. The molecule has 5 heteroatoms. The number of nitrogens with one attached hydrogen (secondary N) is 2. The van der Waals surface area contributed by atoms with Gasteiger partial charge >= 0.3 is 6.03 Å². The Morgan fingerprint density at radius 3 is 2.75 bits per heavy atom. The number of carbonyl (C=O) groups is 1. The van der Waals surface area contributed by atoms with Crippen LogP contribution in [0.2, 0.25) is 0 Å². The maximum Gasteiger partial charge on any atom is 0.320 e. The molecule has 0 saturated carbocycles. The van der Waals surface area contributed by atoms with E-state index in [-0.39, 0.29) is 6.03 Å². The molecule has 0 spiro atoms. The van der Waals surface area contributed by atoms with Gasteiger partial charge in [-0.15, -0.1) is 0 Å². The SMILES string of the molecule is COc1ccccc1CNC(=O)Nc1ccc(C)cn1. The van der Waals surface area contributed by atoms with Crippen LogP contribution in [0.3, 0.4) is 0 Å². The largest absolute Gasteiger partial charge is 0.496 e. The van der Waals surface area contributed by atoms with E-state index in [2.05, 4.69) is 15.6 Å². The van der Waals surface area contributed by atoms with Gasteiger partial charge in [0.25, 0.3) is 0 Å². The number of pyridine rings is 1. The highest BCUT2D eigenvalue weighted by molar-refractivity contribution is 5.88. The van der Waals surface area contributed by atoms with Gasteiger partial charge in [0, 0.05) is 18.3 Å². The number of ether oxygens (including phenoxy) is 1. The number of carbonyl (C=O) groups excluding carboxylic acids is 1. The molecule has 2 amide bonds. The smallest absolute Gasteiger partial charge is 0.320 e. The van der Waals surface area contributed by atoms with Crippen LogP contribution in [-0.2, 0) is 6.54 Å². The summed E-state index contributed by atoms with van der Waals surface area (Å²) in [4.78, 5) is 15.9. The molecule has 20 heavy (non-hydrogen) atoms. The minimum absolute atomic E-state index is 0.299. The van der Waals surface area contributed by atoms with Gasteiger partial charge in [-0.05, 0) is 24.6 Å². The third-order valence-corrected chi connectivity index (χ3v) is 2.78. The van der Waals surface area contributed by atoms with Gasteiger partial charge in [-0.2, -0.15) is 0 Å². The van der Waals surface area contributed by atoms with E-state index >= 15 is 0 Å². The Labute approximate surface area is 118 Å². The molecular formula is C15H17N3O2. The Balaban J connectivity index is 1.90. The van der Waals surface area contributed by atoms with Crippen LogP contribution >= 0.6 is 0 Å². The van der Waals surface area contributed by atoms with Gasteiger partial charge in [0.15, 0.2) is 0 Å². The molecule has 2 aromatic rings. The molecule has 0 aliphatic carbocycles. The zero-order valence-corrected chi connectivity index (χ0v) is 11.5. The molecule has 0 aliphatic rings. The molecule has 0 unspecified atom stereocenters. The zero-order valence-electron chi connectivity index (χ0n) is 11.5. The summed E-state index contributed by atoms with van der Waals surface area (Å²) in [6.07, 6.45) is 1.70. The fraction of sp³-hybridized carbons (Fsp3) is 0.200. The quantitative estimate of drug-likeness (QED) is 0.898. The van der Waals surface area contributed by atoms with E-state index in [9.17, 15) is 4.79 Å². The summed E-state index contributed by atoms with van der Waals surface area (Å²) in [5.74, 6) is 1.27. The molecule has 0 aliphatic heterocycles. The van der Waals surface area contributed by atoms with Crippen LogP contribution in [0.15, 0.2) is 42.6 Å². The summed E-state index contributed by atoms with van der Waals surface area (Å²) in [6, 6.07) is 10.9. The molecule has 0 bridgehead atoms. The third-order valence-electron chi connectivity index (χ3n) is 2.78. The van der Waals surface area contributed by atoms with Crippen molar-refractivity contribution in [1.82, 2.24) is 10.3 Å². The number of urea groups is 1.